The summed E-state index contributed by atoms with van der Waals surface area (Å²) < 4.78 is 2.14. The van der Waals surface area contributed by atoms with E-state index in [1.807, 2.05) is 81.6 Å². The van der Waals surface area contributed by atoms with Crippen molar-refractivity contribution in [1.29, 1.82) is 0 Å². The third-order valence-electron chi connectivity index (χ3n) is 6.69. The molecule has 0 unspecified atom stereocenters. The van der Waals surface area contributed by atoms with Crippen LogP contribution in [0.25, 0.3) is 44.4 Å². The average Bonchev–Trinajstić information content (AvgIpc) is 3.13. The van der Waals surface area contributed by atoms with E-state index < -0.39 is 0 Å². The van der Waals surface area contributed by atoms with Crippen LogP contribution in [0.1, 0.15) is 16.7 Å². The molecule has 0 aliphatic heterocycles. The van der Waals surface area contributed by atoms with Gasteiger partial charge in [-0.1, -0.05) is 72.8 Å². The van der Waals surface area contributed by atoms with Crippen LogP contribution in [0.15, 0.2) is 78.9 Å². The van der Waals surface area contributed by atoms with Gasteiger partial charge in [-0.3, -0.25) is 0 Å². The second kappa shape index (κ2) is 7.86. The molecule has 1 heterocycles. The molecule has 5 rings (SSSR count). The Balaban J connectivity index is 1.99. The van der Waals surface area contributed by atoms with Crippen molar-refractivity contribution >= 4 is 10.9 Å². The number of benzene rings is 4. The van der Waals surface area contributed by atoms with Crippen LogP contribution in [0.5, 0.6) is 11.5 Å². The molecule has 0 aliphatic rings. The van der Waals surface area contributed by atoms with Crippen molar-refractivity contribution < 1.29 is 10.2 Å². The Kier molecular flexibility index (Phi) is 4.98. The molecule has 0 amide bonds. The monoisotopic (exact) mass is 433 g/mol. The molecule has 0 radical (unpaired) electrons. The largest absolute Gasteiger partial charge is 0.504 e. The molecule has 0 aliphatic carbocycles. The Morgan fingerprint density at radius 3 is 1.52 bits per heavy atom. The van der Waals surface area contributed by atoms with Gasteiger partial charge < -0.3 is 14.8 Å². The van der Waals surface area contributed by atoms with Crippen molar-refractivity contribution in [2.75, 3.05) is 0 Å². The fourth-order valence-electron chi connectivity index (χ4n) is 4.93. The van der Waals surface area contributed by atoms with Gasteiger partial charge in [-0.25, -0.2) is 0 Å². The third kappa shape index (κ3) is 3.20. The van der Waals surface area contributed by atoms with Crippen LogP contribution in [-0.4, -0.2) is 14.8 Å². The summed E-state index contributed by atoms with van der Waals surface area (Å²) >= 11 is 0. The van der Waals surface area contributed by atoms with Crippen molar-refractivity contribution in [3.63, 3.8) is 0 Å². The van der Waals surface area contributed by atoms with Crippen molar-refractivity contribution in [2.45, 2.75) is 20.8 Å². The van der Waals surface area contributed by atoms with Crippen molar-refractivity contribution in [3.05, 3.63) is 95.6 Å². The Morgan fingerprint density at radius 2 is 1.00 bits per heavy atom. The predicted octanol–water partition coefficient (Wildman–Crippen LogP) is 7.52. The highest BCUT2D eigenvalue weighted by Crippen LogP contribution is 2.52. The lowest BCUT2D eigenvalue weighted by Crippen LogP contribution is -1.97. The lowest BCUT2D eigenvalue weighted by atomic mass is 9.90. The summed E-state index contributed by atoms with van der Waals surface area (Å²) in [7, 11) is 2.03. The third-order valence-corrected chi connectivity index (χ3v) is 6.69. The quantitative estimate of drug-likeness (QED) is 0.289. The van der Waals surface area contributed by atoms with Crippen LogP contribution < -0.4 is 0 Å². The van der Waals surface area contributed by atoms with Crippen LogP contribution in [0.2, 0.25) is 0 Å². The molecule has 0 bridgehead atoms. The topological polar surface area (TPSA) is 45.4 Å². The van der Waals surface area contributed by atoms with Crippen LogP contribution >= 0.6 is 0 Å². The number of phenols is 2. The summed E-state index contributed by atoms with van der Waals surface area (Å²) in [6.07, 6.45) is 0. The van der Waals surface area contributed by atoms with Gasteiger partial charge in [-0.05, 0) is 54.7 Å². The molecule has 0 fully saturated rings. The van der Waals surface area contributed by atoms with Crippen molar-refractivity contribution in [1.82, 2.24) is 4.57 Å². The van der Waals surface area contributed by atoms with Gasteiger partial charge in [0, 0.05) is 29.3 Å². The summed E-state index contributed by atoms with van der Waals surface area (Å²) in [6.45, 7) is 6.16. The Labute approximate surface area is 194 Å². The SMILES string of the molecule is Cc1ccccc1-c1c(O)c(O)c(-c2ccccc2C)c2c1cc(-c1ccccc1C)n2C. The van der Waals surface area contributed by atoms with E-state index in [2.05, 4.69) is 29.7 Å². The van der Waals surface area contributed by atoms with Crippen LogP contribution in [0.4, 0.5) is 0 Å². The van der Waals surface area contributed by atoms with Gasteiger partial charge in [0.05, 0.1) is 11.1 Å². The molecule has 0 spiro atoms. The number of aryl methyl sites for hydroxylation is 4. The maximum atomic E-state index is 11.4. The molecule has 0 atom stereocenters. The molecule has 0 saturated carbocycles. The van der Waals surface area contributed by atoms with Crippen molar-refractivity contribution in [2.24, 2.45) is 7.05 Å². The van der Waals surface area contributed by atoms with Gasteiger partial charge in [-0.15, -0.1) is 0 Å². The molecular weight excluding hydrogens is 406 g/mol. The van der Waals surface area contributed by atoms with E-state index in [0.717, 1.165) is 44.4 Å². The number of aromatic hydroxyl groups is 2. The molecule has 3 heteroatoms. The Hall–Kier alpha value is -3.98. The Bertz CT molecular complexity index is 1520. The zero-order valence-electron chi connectivity index (χ0n) is 19.3. The normalized spacial score (nSPS) is 11.3. The highest BCUT2D eigenvalue weighted by Gasteiger charge is 2.26. The zero-order chi connectivity index (χ0) is 23.3. The van der Waals surface area contributed by atoms with E-state index in [-0.39, 0.29) is 11.5 Å². The minimum atomic E-state index is -0.0902. The highest BCUT2D eigenvalue weighted by molar-refractivity contribution is 6.11. The number of nitrogens with zero attached hydrogens (tertiary/aromatic N) is 1. The Morgan fingerprint density at radius 1 is 0.576 bits per heavy atom. The fourth-order valence-corrected chi connectivity index (χ4v) is 4.93. The zero-order valence-corrected chi connectivity index (χ0v) is 19.3. The summed E-state index contributed by atoms with van der Waals surface area (Å²) in [6, 6.07) is 26.4. The fraction of sp³-hybridized carbons (Fsp3) is 0.133. The summed E-state index contributed by atoms with van der Waals surface area (Å²) in [5.74, 6) is -0.176. The molecule has 5 aromatic rings. The number of fused-ring (bicyclic) bond motifs is 1. The van der Waals surface area contributed by atoms with Gasteiger partial charge in [-0.2, -0.15) is 0 Å². The van der Waals surface area contributed by atoms with Gasteiger partial charge in [0.25, 0.3) is 0 Å². The second-order valence-electron chi connectivity index (χ2n) is 8.74. The minimum Gasteiger partial charge on any atom is -0.504 e. The maximum absolute atomic E-state index is 11.4. The first-order valence-electron chi connectivity index (χ1n) is 11.2. The summed E-state index contributed by atoms with van der Waals surface area (Å²) in [4.78, 5) is 0. The molecular formula is C30H27NO2. The first-order chi connectivity index (χ1) is 15.9. The maximum Gasteiger partial charge on any atom is 0.168 e. The standard InChI is InChI=1S/C30H27NO2/c1-18-11-5-8-14-21(18)25-17-24-26(22-15-9-6-12-19(22)2)29(32)30(33)27(28(24)31(25)4)23-16-10-7-13-20(23)3/h5-17,32-33H,1-4H3. The smallest absolute Gasteiger partial charge is 0.168 e. The molecule has 33 heavy (non-hydrogen) atoms. The number of hydrogen-bond donors (Lipinski definition) is 2. The first-order valence-corrected chi connectivity index (χ1v) is 11.2. The molecule has 4 aromatic carbocycles. The van der Waals surface area contributed by atoms with Gasteiger partial charge in [0.15, 0.2) is 11.5 Å². The van der Waals surface area contributed by atoms with Crippen LogP contribution in [0.3, 0.4) is 0 Å². The molecule has 3 nitrogen and oxygen atoms in total. The predicted molar refractivity (Wildman–Crippen MR) is 137 cm³/mol. The van der Waals surface area contributed by atoms with E-state index in [4.69, 9.17) is 0 Å². The van der Waals surface area contributed by atoms with Crippen LogP contribution in [0, 0.1) is 20.8 Å². The second-order valence-corrected chi connectivity index (χ2v) is 8.74. The van der Waals surface area contributed by atoms with Crippen LogP contribution in [-0.2, 0) is 7.05 Å². The molecule has 0 saturated heterocycles. The molecule has 1 aromatic heterocycles. The first kappa shape index (κ1) is 20.9. The minimum absolute atomic E-state index is 0.0861. The van der Waals surface area contributed by atoms with E-state index in [9.17, 15) is 10.2 Å². The van der Waals surface area contributed by atoms with Gasteiger partial charge in [0.1, 0.15) is 0 Å². The van der Waals surface area contributed by atoms with Crippen molar-refractivity contribution in [3.8, 4) is 45.0 Å². The molecule has 164 valence electrons. The highest BCUT2D eigenvalue weighted by atomic mass is 16.3. The van der Waals surface area contributed by atoms with Gasteiger partial charge >= 0.3 is 0 Å². The van der Waals surface area contributed by atoms with E-state index in [1.165, 1.54) is 5.56 Å². The number of aromatic nitrogens is 1. The lowest BCUT2D eigenvalue weighted by molar-refractivity contribution is 0.407. The van der Waals surface area contributed by atoms with Gasteiger partial charge in [0.2, 0.25) is 0 Å². The lowest BCUT2D eigenvalue weighted by Gasteiger charge is -2.18. The summed E-state index contributed by atoms with van der Waals surface area (Å²) in [5.41, 5.74) is 9.45. The number of hydrogen-bond acceptors (Lipinski definition) is 2. The molecule has 2 N–H and O–H groups in total. The average molecular weight is 434 g/mol. The summed E-state index contributed by atoms with van der Waals surface area (Å²) in [5, 5.41) is 23.7. The van der Waals surface area contributed by atoms with E-state index in [1.54, 1.807) is 0 Å². The number of phenolic OH excluding ortho intramolecular Hbond substituents is 2. The number of rotatable bonds is 3. The van der Waals surface area contributed by atoms with E-state index >= 15 is 0 Å². The van der Waals surface area contributed by atoms with E-state index in [0.29, 0.717) is 11.1 Å².